The number of likely N-dealkylation sites (N-methyl/N-ethyl adjacent to an activating group) is 1. The Hall–Kier alpha value is -0.0800. The van der Waals surface area contributed by atoms with Crippen molar-refractivity contribution in [2.75, 3.05) is 7.05 Å². The van der Waals surface area contributed by atoms with Gasteiger partial charge in [-0.05, 0) is 40.5 Å². The third-order valence-corrected chi connectivity index (χ3v) is 7.52. The van der Waals surface area contributed by atoms with Gasteiger partial charge >= 0.3 is 0 Å². The highest BCUT2D eigenvalue weighted by atomic mass is 15.5. The summed E-state index contributed by atoms with van der Waals surface area (Å²) in [7, 11) is 2.58. The van der Waals surface area contributed by atoms with Crippen LogP contribution in [0.4, 0.5) is 0 Å². The minimum atomic E-state index is 0.756. The molecule has 6 unspecified atom stereocenters. The quantitative estimate of drug-likeness (QED) is 0.680. The molecule has 4 rings (SSSR count). The average Bonchev–Trinajstić information content (AvgIpc) is 2.72. The molecule has 1 spiro atoms. The van der Waals surface area contributed by atoms with E-state index >= 15 is 0 Å². The molecule has 6 atom stereocenters. The zero-order valence-electron chi connectivity index (χ0n) is 12.7. The second kappa shape index (κ2) is 3.15. The molecule has 1 aliphatic carbocycles. The van der Waals surface area contributed by atoms with Gasteiger partial charge in [0.05, 0.1) is 30.6 Å². The number of piperidine rings is 1. The lowest BCUT2D eigenvalue weighted by molar-refractivity contribution is -0.953. The summed E-state index contributed by atoms with van der Waals surface area (Å²) in [6.45, 7) is 9.74. The molecule has 0 aromatic rings. The van der Waals surface area contributed by atoms with Gasteiger partial charge in [-0.2, -0.15) is 0 Å². The molecule has 2 bridgehead atoms. The minimum Gasteiger partial charge on any atom is -0.317 e. The van der Waals surface area contributed by atoms with Crippen LogP contribution < -0.4 is 0 Å². The zero-order valence-corrected chi connectivity index (χ0v) is 12.7. The number of hydrogen-bond donors (Lipinski definition) is 0. The maximum atomic E-state index is 2.90. The highest BCUT2D eigenvalue weighted by Crippen LogP contribution is 2.72. The Balaban J connectivity index is 1.77. The van der Waals surface area contributed by atoms with Gasteiger partial charge in [0.2, 0.25) is 0 Å². The van der Waals surface area contributed by atoms with Crippen LogP contribution in [0.3, 0.4) is 0 Å². The summed E-state index contributed by atoms with van der Waals surface area (Å²) in [6.07, 6.45) is 6.02. The number of rotatable bonds is 2. The molecule has 0 aromatic heterocycles. The van der Waals surface area contributed by atoms with Crippen molar-refractivity contribution >= 4 is 0 Å². The average molecular weight is 249 g/mol. The molecule has 0 radical (unpaired) electrons. The third-order valence-electron chi connectivity index (χ3n) is 7.52. The molecule has 102 valence electrons. The minimum absolute atomic E-state index is 0.756. The Kier molecular flexibility index (Phi) is 2.05. The monoisotopic (exact) mass is 249 g/mol. The molecular weight excluding hydrogens is 220 g/mol. The maximum absolute atomic E-state index is 2.90. The first-order valence-electron chi connectivity index (χ1n) is 8.08. The highest BCUT2D eigenvalue weighted by Gasteiger charge is 2.83. The van der Waals surface area contributed by atoms with Gasteiger partial charge < -0.3 is 4.48 Å². The molecule has 2 nitrogen and oxygen atoms in total. The molecule has 4 aliphatic rings. The van der Waals surface area contributed by atoms with E-state index in [2.05, 4.69) is 39.6 Å². The molecule has 0 amide bonds. The fraction of sp³-hybridized carbons (Fsp3) is 1.00. The van der Waals surface area contributed by atoms with E-state index < -0.39 is 0 Å². The summed E-state index contributed by atoms with van der Waals surface area (Å²) in [5, 5.41) is 0. The second-order valence-corrected chi connectivity index (χ2v) is 8.13. The Morgan fingerprint density at radius 2 is 1.83 bits per heavy atom. The predicted octanol–water partition coefficient (Wildman–Crippen LogP) is 2.63. The predicted molar refractivity (Wildman–Crippen MR) is 74.3 cm³/mol. The molecule has 3 aliphatic heterocycles. The summed E-state index contributed by atoms with van der Waals surface area (Å²) in [5.74, 6) is 0. The van der Waals surface area contributed by atoms with Crippen LogP contribution in [-0.2, 0) is 0 Å². The molecule has 2 heteroatoms. The van der Waals surface area contributed by atoms with Crippen LogP contribution in [0.1, 0.15) is 53.4 Å². The van der Waals surface area contributed by atoms with Crippen molar-refractivity contribution in [2.45, 2.75) is 89.6 Å². The Morgan fingerprint density at radius 3 is 2.33 bits per heavy atom. The van der Waals surface area contributed by atoms with E-state index in [1.165, 1.54) is 30.2 Å². The van der Waals surface area contributed by atoms with Gasteiger partial charge in [0.15, 0.2) is 0 Å². The van der Waals surface area contributed by atoms with Gasteiger partial charge in [-0.1, -0.05) is 0 Å². The first kappa shape index (κ1) is 11.7. The van der Waals surface area contributed by atoms with Crippen molar-refractivity contribution < 1.29 is 4.48 Å². The van der Waals surface area contributed by atoms with E-state index in [9.17, 15) is 0 Å². The highest BCUT2D eigenvalue weighted by molar-refractivity contribution is 5.29. The molecule has 18 heavy (non-hydrogen) atoms. The molecule has 3 saturated heterocycles. The maximum Gasteiger partial charge on any atom is 0.106 e. The summed E-state index contributed by atoms with van der Waals surface area (Å²) >= 11 is 0. The van der Waals surface area contributed by atoms with E-state index in [-0.39, 0.29) is 0 Å². The van der Waals surface area contributed by atoms with Gasteiger partial charge in [-0.25, -0.2) is 0 Å². The first-order chi connectivity index (χ1) is 8.45. The SMILES string of the molecule is CC(C)N1C2CCC23C1C1CCC3[N+]1(C)C(C)C. The van der Waals surface area contributed by atoms with Gasteiger partial charge in [0.1, 0.15) is 6.04 Å². The molecule has 3 heterocycles. The standard InChI is InChI=1S/C16H29N2/c1-10(2)17-13-8-9-16(13)14-7-6-12(15(16)17)18(14,5)11(3)4/h10-15H,6-9H2,1-5H3/q+1. The van der Waals surface area contributed by atoms with E-state index in [4.69, 9.17) is 0 Å². The molecule has 1 saturated carbocycles. The summed E-state index contributed by atoms with van der Waals surface area (Å²) in [4.78, 5) is 2.90. The lowest BCUT2D eigenvalue weighted by Gasteiger charge is -2.70. The summed E-state index contributed by atoms with van der Waals surface area (Å²) in [6, 6.07) is 5.37. The van der Waals surface area contributed by atoms with Crippen molar-refractivity contribution in [1.82, 2.24) is 4.90 Å². The van der Waals surface area contributed by atoms with Crippen LogP contribution >= 0.6 is 0 Å². The zero-order chi connectivity index (χ0) is 12.9. The van der Waals surface area contributed by atoms with Crippen LogP contribution in [0.15, 0.2) is 0 Å². The Labute approximate surface area is 112 Å². The second-order valence-electron chi connectivity index (χ2n) is 8.13. The van der Waals surface area contributed by atoms with E-state index in [0.29, 0.717) is 0 Å². The normalized spacial score (nSPS) is 57.5. The van der Waals surface area contributed by atoms with Crippen LogP contribution in [0.5, 0.6) is 0 Å². The molecular formula is C16H29N2+. The fourth-order valence-electron chi connectivity index (χ4n) is 6.70. The topological polar surface area (TPSA) is 3.24 Å². The number of quaternary nitrogens is 1. The van der Waals surface area contributed by atoms with Crippen molar-refractivity contribution in [1.29, 1.82) is 0 Å². The summed E-state index contributed by atoms with van der Waals surface area (Å²) < 4.78 is 1.39. The number of fused-ring (bicyclic) bond motifs is 3. The van der Waals surface area contributed by atoms with Crippen LogP contribution in [0.2, 0.25) is 0 Å². The van der Waals surface area contributed by atoms with Gasteiger partial charge in [0, 0.05) is 24.9 Å². The molecule has 0 N–H and O–H groups in total. The van der Waals surface area contributed by atoms with E-state index in [1.54, 1.807) is 0 Å². The lowest BCUT2D eigenvalue weighted by Crippen LogP contribution is -2.81. The number of hydrogen-bond acceptors (Lipinski definition) is 1. The summed E-state index contributed by atoms with van der Waals surface area (Å²) in [5.41, 5.74) is 0.756. The Morgan fingerprint density at radius 1 is 1.11 bits per heavy atom. The molecule has 0 aromatic carbocycles. The fourth-order valence-corrected chi connectivity index (χ4v) is 6.70. The Bertz CT molecular complexity index is 391. The van der Waals surface area contributed by atoms with E-state index in [1.807, 2.05) is 0 Å². The molecule has 4 fully saturated rings. The lowest BCUT2D eigenvalue weighted by atomic mass is 9.47. The van der Waals surface area contributed by atoms with Crippen LogP contribution in [0.25, 0.3) is 0 Å². The van der Waals surface area contributed by atoms with Crippen LogP contribution in [-0.4, -0.2) is 52.7 Å². The first-order valence-corrected chi connectivity index (χ1v) is 8.08. The van der Waals surface area contributed by atoms with Crippen molar-refractivity contribution in [2.24, 2.45) is 5.41 Å². The van der Waals surface area contributed by atoms with Gasteiger partial charge in [-0.3, -0.25) is 4.90 Å². The number of likely N-dealkylation sites (tertiary alicyclic amines) is 1. The van der Waals surface area contributed by atoms with Gasteiger partial charge in [-0.15, -0.1) is 0 Å². The van der Waals surface area contributed by atoms with Crippen LogP contribution in [0, 0.1) is 5.41 Å². The van der Waals surface area contributed by atoms with E-state index in [0.717, 1.165) is 41.7 Å². The third kappa shape index (κ3) is 0.895. The van der Waals surface area contributed by atoms with Crippen molar-refractivity contribution in [3.63, 3.8) is 0 Å². The largest absolute Gasteiger partial charge is 0.317 e. The smallest absolute Gasteiger partial charge is 0.106 e. The van der Waals surface area contributed by atoms with Gasteiger partial charge in [0.25, 0.3) is 0 Å². The van der Waals surface area contributed by atoms with Crippen molar-refractivity contribution in [3.05, 3.63) is 0 Å². The van der Waals surface area contributed by atoms with Crippen molar-refractivity contribution in [3.8, 4) is 0 Å². The number of nitrogens with zero attached hydrogens (tertiary/aromatic N) is 2.